The van der Waals surface area contributed by atoms with Crippen LogP contribution in [0.5, 0.6) is 0 Å². The molecule has 0 bridgehead atoms. The lowest BCUT2D eigenvalue weighted by Gasteiger charge is -2.24. The van der Waals surface area contributed by atoms with E-state index in [0.717, 1.165) is 22.2 Å². The number of anilines is 1. The highest BCUT2D eigenvalue weighted by Crippen LogP contribution is 2.23. The first-order valence-electron chi connectivity index (χ1n) is 8.09. The number of aromatic nitrogens is 2. The molecule has 1 atom stereocenters. The van der Waals surface area contributed by atoms with Gasteiger partial charge in [0, 0.05) is 11.1 Å². The lowest BCUT2D eigenvalue weighted by molar-refractivity contribution is -0.122. The van der Waals surface area contributed by atoms with Crippen LogP contribution in [-0.2, 0) is 4.79 Å². The summed E-state index contributed by atoms with van der Waals surface area (Å²) in [4.78, 5) is 12.2. The minimum Gasteiger partial charge on any atom is -0.388 e. The van der Waals surface area contributed by atoms with Gasteiger partial charge in [-0.15, -0.1) is 0 Å². The summed E-state index contributed by atoms with van der Waals surface area (Å²) in [5.74, 6) is -0.437. The maximum Gasteiger partial charge on any atom is 0.244 e. The van der Waals surface area contributed by atoms with Crippen LogP contribution in [0.4, 0.5) is 5.69 Å². The molecule has 0 saturated carbocycles. The van der Waals surface area contributed by atoms with E-state index in [1.807, 2.05) is 48.0 Å². The van der Waals surface area contributed by atoms with Gasteiger partial charge in [-0.2, -0.15) is 5.10 Å². The molecule has 130 valence electrons. The summed E-state index contributed by atoms with van der Waals surface area (Å²) in [5.41, 5.74) is 8.07. The van der Waals surface area contributed by atoms with Crippen molar-refractivity contribution in [2.45, 2.75) is 32.4 Å². The fourth-order valence-electron chi connectivity index (χ4n) is 2.60. The molecule has 0 unspecified atom stereocenters. The third-order valence-corrected chi connectivity index (χ3v) is 4.13. The topological polar surface area (TPSA) is 93.2 Å². The second kappa shape index (κ2) is 6.31. The van der Waals surface area contributed by atoms with Crippen LogP contribution in [-0.4, -0.2) is 32.4 Å². The first kappa shape index (κ1) is 17.1. The molecule has 1 aromatic heterocycles. The number of fused-ring (bicyclic) bond motifs is 1. The summed E-state index contributed by atoms with van der Waals surface area (Å²) in [5, 5.41) is 18.1. The van der Waals surface area contributed by atoms with Crippen LogP contribution < -0.4 is 11.1 Å². The Morgan fingerprint density at radius 3 is 2.72 bits per heavy atom. The van der Waals surface area contributed by atoms with Crippen molar-refractivity contribution < 1.29 is 9.90 Å². The van der Waals surface area contributed by atoms with Crippen molar-refractivity contribution in [2.24, 2.45) is 5.73 Å². The molecular formula is C19H22N4O2. The number of nitrogens with two attached hydrogens (primary N) is 1. The smallest absolute Gasteiger partial charge is 0.244 e. The Kier molecular flexibility index (Phi) is 4.32. The van der Waals surface area contributed by atoms with Gasteiger partial charge in [-0.3, -0.25) is 4.79 Å². The van der Waals surface area contributed by atoms with E-state index < -0.39 is 17.6 Å². The number of aliphatic hydroxyl groups is 1. The van der Waals surface area contributed by atoms with Crippen LogP contribution in [0.25, 0.3) is 16.6 Å². The van der Waals surface area contributed by atoms with Gasteiger partial charge < -0.3 is 16.2 Å². The Hall–Kier alpha value is -2.70. The highest BCUT2D eigenvalue weighted by molar-refractivity contribution is 5.97. The highest BCUT2D eigenvalue weighted by Gasteiger charge is 2.29. The van der Waals surface area contributed by atoms with Crippen molar-refractivity contribution in [1.82, 2.24) is 9.78 Å². The molecule has 0 aliphatic rings. The summed E-state index contributed by atoms with van der Waals surface area (Å²) in [7, 11) is 0. The number of benzene rings is 2. The Morgan fingerprint density at radius 1 is 1.28 bits per heavy atom. The summed E-state index contributed by atoms with van der Waals surface area (Å²) in [6, 6.07) is 12.5. The fraction of sp³-hybridized carbons (Fsp3) is 0.263. The SMILES string of the molecule is Cc1cccc(-n2ncc3ccc(NC(=O)[C@@H](N)C(C)(C)O)cc32)c1. The predicted octanol–water partition coefficient (Wildman–Crippen LogP) is 2.37. The number of hydrogen-bond donors (Lipinski definition) is 3. The largest absolute Gasteiger partial charge is 0.388 e. The minimum absolute atomic E-state index is 0.437. The van der Waals surface area contributed by atoms with Gasteiger partial charge in [0.25, 0.3) is 0 Å². The van der Waals surface area contributed by atoms with E-state index in [2.05, 4.69) is 10.4 Å². The van der Waals surface area contributed by atoms with Gasteiger partial charge in [-0.25, -0.2) is 4.68 Å². The maximum absolute atomic E-state index is 12.2. The number of carbonyl (C=O) groups excluding carboxylic acids is 1. The molecule has 0 spiro atoms. The molecule has 25 heavy (non-hydrogen) atoms. The molecule has 0 radical (unpaired) electrons. The Bertz CT molecular complexity index is 925. The zero-order valence-corrected chi connectivity index (χ0v) is 14.5. The first-order chi connectivity index (χ1) is 11.8. The molecule has 4 N–H and O–H groups in total. The van der Waals surface area contributed by atoms with Crippen molar-refractivity contribution in [2.75, 3.05) is 5.32 Å². The van der Waals surface area contributed by atoms with Crippen molar-refractivity contribution in [3.63, 3.8) is 0 Å². The third kappa shape index (κ3) is 3.55. The number of nitrogens with zero attached hydrogens (tertiary/aromatic N) is 2. The van der Waals surface area contributed by atoms with Gasteiger partial charge in [-0.1, -0.05) is 12.1 Å². The van der Waals surface area contributed by atoms with Crippen LogP contribution in [0.2, 0.25) is 0 Å². The molecule has 3 aromatic rings. The van der Waals surface area contributed by atoms with Crippen molar-refractivity contribution >= 4 is 22.5 Å². The van der Waals surface area contributed by atoms with Crippen LogP contribution in [0.15, 0.2) is 48.7 Å². The molecule has 0 aliphatic heterocycles. The lowest BCUT2D eigenvalue weighted by atomic mass is 9.99. The second-order valence-electron chi connectivity index (χ2n) is 6.79. The molecule has 0 fully saturated rings. The van der Waals surface area contributed by atoms with E-state index >= 15 is 0 Å². The van der Waals surface area contributed by atoms with Gasteiger partial charge >= 0.3 is 0 Å². The van der Waals surface area contributed by atoms with Gasteiger partial charge in [0.05, 0.1) is 23.0 Å². The maximum atomic E-state index is 12.2. The summed E-state index contributed by atoms with van der Waals surface area (Å²) < 4.78 is 1.83. The molecule has 3 rings (SSSR count). The van der Waals surface area contributed by atoms with Crippen LogP contribution in [0, 0.1) is 6.92 Å². The number of nitrogens with one attached hydrogen (secondary N) is 1. The van der Waals surface area contributed by atoms with Gasteiger partial charge in [0.2, 0.25) is 5.91 Å². The molecule has 1 amide bonds. The average Bonchev–Trinajstić information content (AvgIpc) is 2.96. The van der Waals surface area contributed by atoms with Crippen LogP contribution >= 0.6 is 0 Å². The predicted molar refractivity (Wildman–Crippen MR) is 98.7 cm³/mol. The van der Waals surface area contributed by atoms with E-state index in [0.29, 0.717) is 5.69 Å². The van der Waals surface area contributed by atoms with E-state index in [1.165, 1.54) is 13.8 Å². The first-order valence-corrected chi connectivity index (χ1v) is 8.09. The molecule has 0 saturated heterocycles. The Balaban J connectivity index is 1.95. The van der Waals surface area contributed by atoms with Gasteiger partial charge in [0.1, 0.15) is 6.04 Å². The number of amides is 1. The number of carbonyl (C=O) groups is 1. The van der Waals surface area contributed by atoms with E-state index in [1.54, 1.807) is 12.3 Å². The summed E-state index contributed by atoms with van der Waals surface area (Å²) >= 11 is 0. The summed E-state index contributed by atoms with van der Waals surface area (Å²) in [6.07, 6.45) is 1.78. The average molecular weight is 338 g/mol. The second-order valence-corrected chi connectivity index (χ2v) is 6.79. The number of hydrogen-bond acceptors (Lipinski definition) is 4. The van der Waals surface area contributed by atoms with Crippen molar-refractivity contribution in [1.29, 1.82) is 0 Å². The van der Waals surface area contributed by atoms with Crippen molar-refractivity contribution in [3.8, 4) is 5.69 Å². The standard InChI is InChI=1S/C19H22N4O2/c1-12-5-4-6-15(9-12)23-16-10-14(8-7-13(16)11-21-23)22-18(24)17(20)19(2,3)25/h4-11,17,25H,20H2,1-3H3,(H,22,24)/t17-/m1/s1. The van der Waals surface area contributed by atoms with E-state index in [9.17, 15) is 9.90 Å². The third-order valence-electron chi connectivity index (χ3n) is 4.13. The molecular weight excluding hydrogens is 316 g/mol. The van der Waals surface area contributed by atoms with E-state index in [-0.39, 0.29) is 0 Å². The highest BCUT2D eigenvalue weighted by atomic mass is 16.3. The molecule has 6 nitrogen and oxygen atoms in total. The minimum atomic E-state index is -1.29. The number of aryl methyl sites for hydroxylation is 1. The number of rotatable bonds is 4. The summed E-state index contributed by atoms with van der Waals surface area (Å²) in [6.45, 7) is 5.04. The zero-order chi connectivity index (χ0) is 18.2. The molecule has 0 aliphatic carbocycles. The molecule has 2 aromatic carbocycles. The lowest BCUT2D eigenvalue weighted by Crippen LogP contribution is -2.51. The van der Waals surface area contributed by atoms with Crippen molar-refractivity contribution in [3.05, 3.63) is 54.2 Å². The molecule has 6 heteroatoms. The fourth-order valence-corrected chi connectivity index (χ4v) is 2.60. The Morgan fingerprint density at radius 2 is 2.04 bits per heavy atom. The quantitative estimate of drug-likeness (QED) is 0.681. The zero-order valence-electron chi connectivity index (χ0n) is 14.5. The Labute approximate surface area is 146 Å². The van der Waals surface area contributed by atoms with Crippen LogP contribution in [0.3, 0.4) is 0 Å². The van der Waals surface area contributed by atoms with Gasteiger partial charge in [-0.05, 0) is 56.7 Å². The van der Waals surface area contributed by atoms with Gasteiger partial charge in [0.15, 0.2) is 0 Å². The normalized spacial score (nSPS) is 13.0. The monoisotopic (exact) mass is 338 g/mol. The van der Waals surface area contributed by atoms with E-state index in [4.69, 9.17) is 5.73 Å². The van der Waals surface area contributed by atoms with Crippen LogP contribution in [0.1, 0.15) is 19.4 Å². The molecule has 1 heterocycles.